The van der Waals surface area contributed by atoms with Crippen molar-refractivity contribution in [2.45, 2.75) is 13.0 Å². The Kier molecular flexibility index (Phi) is 2.93. The van der Waals surface area contributed by atoms with Gasteiger partial charge in [-0.15, -0.1) is 0 Å². The second-order valence-corrected chi connectivity index (χ2v) is 3.86. The average molecular weight is 214 g/mol. The van der Waals surface area contributed by atoms with Crippen molar-refractivity contribution in [1.29, 1.82) is 0 Å². The summed E-state index contributed by atoms with van der Waals surface area (Å²) < 4.78 is 0. The third-order valence-electron chi connectivity index (χ3n) is 2.65. The van der Waals surface area contributed by atoms with Crippen molar-refractivity contribution in [1.82, 2.24) is 0 Å². The van der Waals surface area contributed by atoms with E-state index in [-0.39, 0.29) is 5.75 Å². The largest absolute Gasteiger partial charge is 0.508 e. The molecule has 0 saturated carbocycles. The molecule has 0 aliphatic carbocycles. The Morgan fingerprint density at radius 2 is 1.62 bits per heavy atom. The van der Waals surface area contributed by atoms with Gasteiger partial charge in [0.2, 0.25) is 0 Å². The number of aliphatic hydroxyl groups excluding tert-OH is 1. The number of hydrogen-bond donors (Lipinski definition) is 2. The minimum atomic E-state index is -0.638. The summed E-state index contributed by atoms with van der Waals surface area (Å²) in [6, 6.07) is 14.6. The fourth-order valence-electron chi connectivity index (χ4n) is 1.68. The molecule has 2 N–H and O–H groups in total. The number of phenols is 1. The van der Waals surface area contributed by atoms with E-state index in [1.54, 1.807) is 18.2 Å². The SMILES string of the molecule is Cc1cc(C(O)c2ccccc2)ccc1O. The summed E-state index contributed by atoms with van der Waals surface area (Å²) in [7, 11) is 0. The van der Waals surface area contributed by atoms with Gasteiger partial charge >= 0.3 is 0 Å². The number of rotatable bonds is 2. The molecule has 2 nitrogen and oxygen atoms in total. The Morgan fingerprint density at radius 1 is 0.938 bits per heavy atom. The van der Waals surface area contributed by atoms with Crippen LogP contribution in [-0.4, -0.2) is 10.2 Å². The van der Waals surface area contributed by atoms with Gasteiger partial charge in [-0.25, -0.2) is 0 Å². The highest BCUT2D eigenvalue weighted by Gasteiger charge is 2.10. The molecule has 1 atom stereocenters. The topological polar surface area (TPSA) is 40.5 Å². The standard InChI is InChI=1S/C14H14O2/c1-10-9-12(7-8-13(10)15)14(16)11-5-3-2-4-6-11/h2-9,14-16H,1H3. The van der Waals surface area contributed by atoms with Gasteiger partial charge in [-0.2, -0.15) is 0 Å². The molecule has 0 amide bonds. The van der Waals surface area contributed by atoms with E-state index < -0.39 is 6.10 Å². The normalized spacial score (nSPS) is 12.4. The monoisotopic (exact) mass is 214 g/mol. The van der Waals surface area contributed by atoms with Crippen LogP contribution in [0.3, 0.4) is 0 Å². The van der Waals surface area contributed by atoms with E-state index in [1.807, 2.05) is 37.3 Å². The van der Waals surface area contributed by atoms with Crippen LogP contribution in [0.25, 0.3) is 0 Å². The molecule has 0 spiro atoms. The quantitative estimate of drug-likeness (QED) is 0.807. The van der Waals surface area contributed by atoms with Crippen LogP contribution in [0.5, 0.6) is 5.75 Å². The molecule has 2 aromatic rings. The zero-order valence-corrected chi connectivity index (χ0v) is 9.09. The van der Waals surface area contributed by atoms with Gasteiger partial charge in [-0.05, 0) is 35.7 Å². The van der Waals surface area contributed by atoms with Crippen LogP contribution in [0.2, 0.25) is 0 Å². The van der Waals surface area contributed by atoms with Crippen molar-refractivity contribution in [3.63, 3.8) is 0 Å². The van der Waals surface area contributed by atoms with Gasteiger partial charge in [-0.3, -0.25) is 0 Å². The molecule has 0 aromatic heterocycles. The molecule has 16 heavy (non-hydrogen) atoms. The molecule has 0 fully saturated rings. The molecule has 2 heteroatoms. The number of hydrogen-bond acceptors (Lipinski definition) is 2. The average Bonchev–Trinajstić information content (AvgIpc) is 2.33. The van der Waals surface area contributed by atoms with Crippen molar-refractivity contribution < 1.29 is 10.2 Å². The Bertz CT molecular complexity index is 477. The maximum absolute atomic E-state index is 10.1. The van der Waals surface area contributed by atoms with Crippen molar-refractivity contribution >= 4 is 0 Å². The first kappa shape index (κ1) is 10.7. The van der Waals surface area contributed by atoms with Gasteiger partial charge in [-0.1, -0.05) is 36.4 Å². The summed E-state index contributed by atoms with van der Waals surface area (Å²) in [5.74, 6) is 0.254. The lowest BCUT2D eigenvalue weighted by molar-refractivity contribution is 0.220. The second kappa shape index (κ2) is 4.37. The molecule has 0 radical (unpaired) electrons. The molecule has 2 aromatic carbocycles. The predicted octanol–water partition coefficient (Wildman–Crippen LogP) is 2.78. The molecule has 0 saturated heterocycles. The molecule has 82 valence electrons. The van der Waals surface area contributed by atoms with E-state index in [0.717, 1.165) is 16.7 Å². The van der Waals surface area contributed by atoms with Crippen molar-refractivity contribution in [2.24, 2.45) is 0 Å². The highest BCUT2D eigenvalue weighted by atomic mass is 16.3. The van der Waals surface area contributed by atoms with Crippen LogP contribution >= 0.6 is 0 Å². The van der Waals surface area contributed by atoms with Crippen molar-refractivity contribution in [3.05, 3.63) is 65.2 Å². The molecule has 1 unspecified atom stereocenters. The van der Waals surface area contributed by atoms with Gasteiger partial charge in [0.15, 0.2) is 0 Å². The van der Waals surface area contributed by atoms with E-state index in [9.17, 15) is 10.2 Å². The molecule has 0 aliphatic rings. The second-order valence-electron chi connectivity index (χ2n) is 3.86. The lowest BCUT2D eigenvalue weighted by Gasteiger charge is -2.12. The van der Waals surface area contributed by atoms with E-state index in [4.69, 9.17) is 0 Å². The van der Waals surface area contributed by atoms with Crippen LogP contribution in [0.15, 0.2) is 48.5 Å². The minimum absolute atomic E-state index is 0.254. The molecular formula is C14H14O2. The Hall–Kier alpha value is -1.80. The van der Waals surface area contributed by atoms with E-state index in [1.165, 1.54) is 0 Å². The highest BCUT2D eigenvalue weighted by Crippen LogP contribution is 2.25. The molecule has 0 aliphatic heterocycles. The molecule has 0 heterocycles. The van der Waals surface area contributed by atoms with E-state index >= 15 is 0 Å². The minimum Gasteiger partial charge on any atom is -0.508 e. The van der Waals surface area contributed by atoms with Gasteiger partial charge in [0.1, 0.15) is 11.9 Å². The number of aryl methyl sites for hydroxylation is 1. The smallest absolute Gasteiger partial charge is 0.118 e. The van der Waals surface area contributed by atoms with Gasteiger partial charge < -0.3 is 10.2 Å². The maximum Gasteiger partial charge on any atom is 0.118 e. The zero-order chi connectivity index (χ0) is 11.5. The Morgan fingerprint density at radius 3 is 2.25 bits per heavy atom. The fraction of sp³-hybridized carbons (Fsp3) is 0.143. The van der Waals surface area contributed by atoms with Crippen LogP contribution < -0.4 is 0 Å². The number of phenolic OH excluding ortho intramolecular Hbond substituents is 1. The predicted molar refractivity (Wildman–Crippen MR) is 63.3 cm³/mol. The van der Waals surface area contributed by atoms with Gasteiger partial charge in [0.05, 0.1) is 0 Å². The van der Waals surface area contributed by atoms with Crippen molar-refractivity contribution in [2.75, 3.05) is 0 Å². The summed E-state index contributed by atoms with van der Waals surface area (Å²) in [6.07, 6.45) is -0.638. The lowest BCUT2D eigenvalue weighted by atomic mass is 10.00. The molecule has 2 rings (SSSR count). The van der Waals surface area contributed by atoms with Gasteiger partial charge in [0, 0.05) is 0 Å². The van der Waals surface area contributed by atoms with Crippen LogP contribution in [0.1, 0.15) is 22.8 Å². The maximum atomic E-state index is 10.1. The first-order valence-corrected chi connectivity index (χ1v) is 5.21. The van der Waals surface area contributed by atoms with Crippen LogP contribution in [0.4, 0.5) is 0 Å². The number of aliphatic hydroxyl groups is 1. The number of benzene rings is 2. The molecular weight excluding hydrogens is 200 g/mol. The highest BCUT2D eigenvalue weighted by molar-refractivity contribution is 5.38. The van der Waals surface area contributed by atoms with Crippen LogP contribution in [-0.2, 0) is 0 Å². The molecule has 0 bridgehead atoms. The summed E-state index contributed by atoms with van der Waals surface area (Å²) in [6.45, 7) is 1.82. The lowest BCUT2D eigenvalue weighted by Crippen LogP contribution is -1.99. The first-order chi connectivity index (χ1) is 7.68. The van der Waals surface area contributed by atoms with E-state index in [0.29, 0.717) is 0 Å². The third kappa shape index (κ3) is 2.07. The zero-order valence-electron chi connectivity index (χ0n) is 9.09. The Labute approximate surface area is 94.8 Å². The fourth-order valence-corrected chi connectivity index (χ4v) is 1.68. The van der Waals surface area contributed by atoms with Gasteiger partial charge in [0.25, 0.3) is 0 Å². The van der Waals surface area contributed by atoms with Crippen molar-refractivity contribution in [3.8, 4) is 5.75 Å². The summed E-state index contributed by atoms with van der Waals surface area (Å²) in [4.78, 5) is 0. The number of aromatic hydroxyl groups is 1. The van der Waals surface area contributed by atoms with Crippen LogP contribution in [0, 0.1) is 6.92 Å². The first-order valence-electron chi connectivity index (χ1n) is 5.21. The van der Waals surface area contributed by atoms with E-state index in [2.05, 4.69) is 0 Å². The summed E-state index contributed by atoms with van der Waals surface area (Å²) in [5.41, 5.74) is 2.42. The summed E-state index contributed by atoms with van der Waals surface area (Å²) in [5, 5.41) is 19.5. The summed E-state index contributed by atoms with van der Waals surface area (Å²) >= 11 is 0. The Balaban J connectivity index is 2.34. The third-order valence-corrected chi connectivity index (χ3v) is 2.65.